The molecule has 1 aromatic carbocycles. The first kappa shape index (κ1) is 19.6. The van der Waals surface area contributed by atoms with Crippen LogP contribution in [0.3, 0.4) is 0 Å². The van der Waals surface area contributed by atoms with Gasteiger partial charge in [0.25, 0.3) is 0 Å². The molecule has 1 N–H and O–H groups in total. The third-order valence-corrected chi connectivity index (χ3v) is 7.07. The van der Waals surface area contributed by atoms with Gasteiger partial charge in [0.1, 0.15) is 41.0 Å². The zero-order valence-corrected chi connectivity index (χ0v) is 18.3. The van der Waals surface area contributed by atoms with Gasteiger partial charge in [-0.2, -0.15) is 0 Å². The van der Waals surface area contributed by atoms with Gasteiger partial charge in [-0.25, -0.2) is 9.97 Å². The summed E-state index contributed by atoms with van der Waals surface area (Å²) in [6.45, 7) is 5.55. The molecule has 3 aromatic rings. The third-order valence-electron chi connectivity index (χ3n) is 6.77. The fourth-order valence-electron chi connectivity index (χ4n) is 5.07. The van der Waals surface area contributed by atoms with E-state index in [0.717, 1.165) is 23.8 Å². The van der Waals surface area contributed by atoms with Crippen LogP contribution in [0.25, 0.3) is 11.0 Å². The molecule has 2 aromatic heterocycles. The second kappa shape index (κ2) is 6.49. The van der Waals surface area contributed by atoms with Crippen molar-refractivity contribution in [2.45, 2.75) is 69.5 Å². The molecule has 162 valence electrons. The Morgan fingerprint density at radius 1 is 1.13 bits per heavy atom. The molecule has 0 spiro atoms. The average Bonchev–Trinajstić information content (AvgIpc) is 3.34. The van der Waals surface area contributed by atoms with E-state index in [0.29, 0.717) is 10.8 Å². The Kier molecular flexibility index (Phi) is 4.11. The van der Waals surface area contributed by atoms with Gasteiger partial charge in [0.05, 0.1) is 5.39 Å². The van der Waals surface area contributed by atoms with Gasteiger partial charge in [-0.15, -0.1) is 0 Å². The Bertz CT molecular complexity index is 1190. The summed E-state index contributed by atoms with van der Waals surface area (Å²) in [5, 5.41) is 12.8. The summed E-state index contributed by atoms with van der Waals surface area (Å²) in [5.74, 6) is -0.790. The second-order valence-corrected chi connectivity index (χ2v) is 9.63. The van der Waals surface area contributed by atoms with Gasteiger partial charge in [0.15, 0.2) is 12.0 Å². The van der Waals surface area contributed by atoms with E-state index in [1.165, 1.54) is 17.5 Å². The Morgan fingerprint density at radius 2 is 1.90 bits per heavy atom. The van der Waals surface area contributed by atoms with Gasteiger partial charge in [0, 0.05) is 6.20 Å². The van der Waals surface area contributed by atoms with Crippen molar-refractivity contribution < 1.29 is 19.3 Å². The lowest BCUT2D eigenvalue weighted by Crippen LogP contribution is -2.45. The number of aliphatic hydroxyl groups is 1. The van der Waals surface area contributed by atoms with Crippen LogP contribution in [0.2, 0.25) is 5.15 Å². The summed E-state index contributed by atoms with van der Waals surface area (Å²) >= 11 is 6.25. The van der Waals surface area contributed by atoms with E-state index in [1.807, 2.05) is 36.7 Å². The minimum absolute atomic E-state index is 0.382. The molecule has 7 nitrogen and oxygen atoms in total. The molecule has 4 heterocycles. The second-order valence-electron chi connectivity index (χ2n) is 9.27. The highest BCUT2D eigenvalue weighted by atomic mass is 35.5. The van der Waals surface area contributed by atoms with Crippen molar-refractivity contribution in [1.29, 1.82) is 0 Å². The molecule has 2 aliphatic heterocycles. The summed E-state index contributed by atoms with van der Waals surface area (Å²) in [5.41, 5.74) is 2.85. The number of hydrogen-bond donors (Lipinski definition) is 1. The molecule has 1 aliphatic carbocycles. The van der Waals surface area contributed by atoms with Crippen molar-refractivity contribution in [3.05, 3.63) is 58.6 Å². The summed E-state index contributed by atoms with van der Waals surface area (Å²) in [7, 11) is 0. The SMILES string of the molecule is CC1(C)O[C@@H]2[C@@H](O1)[C@@H]([C@](C)(O)c1ccc3c(c1)CC3)O[C@H]2n1ccc2c(Cl)ncnc21. The van der Waals surface area contributed by atoms with Crippen LogP contribution < -0.4 is 0 Å². The lowest BCUT2D eigenvalue weighted by Gasteiger charge is -2.35. The molecular weight excluding hydrogens is 418 g/mol. The zero-order valence-electron chi connectivity index (χ0n) is 17.6. The van der Waals surface area contributed by atoms with Crippen molar-refractivity contribution in [2.24, 2.45) is 0 Å². The molecule has 0 amide bonds. The Morgan fingerprint density at radius 3 is 2.65 bits per heavy atom. The number of rotatable bonds is 3. The van der Waals surface area contributed by atoms with Gasteiger partial charge >= 0.3 is 0 Å². The highest BCUT2D eigenvalue weighted by Crippen LogP contribution is 2.49. The number of nitrogens with zero attached hydrogens (tertiary/aromatic N) is 3. The Labute approximate surface area is 184 Å². The van der Waals surface area contributed by atoms with Gasteiger partial charge in [0.2, 0.25) is 0 Å². The van der Waals surface area contributed by atoms with E-state index in [2.05, 4.69) is 22.1 Å². The summed E-state index contributed by atoms with van der Waals surface area (Å²) < 4.78 is 20.9. The number of hydrogen-bond acceptors (Lipinski definition) is 6. The molecule has 0 saturated carbocycles. The molecule has 3 aliphatic rings. The quantitative estimate of drug-likeness (QED) is 0.627. The number of halogens is 1. The zero-order chi connectivity index (χ0) is 21.5. The van der Waals surface area contributed by atoms with E-state index in [9.17, 15) is 5.11 Å². The van der Waals surface area contributed by atoms with Crippen LogP contribution in [0.15, 0.2) is 36.8 Å². The fraction of sp³-hybridized carbons (Fsp3) is 0.478. The molecule has 31 heavy (non-hydrogen) atoms. The maximum Gasteiger partial charge on any atom is 0.164 e. The fourth-order valence-corrected chi connectivity index (χ4v) is 5.26. The van der Waals surface area contributed by atoms with Crippen LogP contribution in [0.1, 0.15) is 43.7 Å². The minimum Gasteiger partial charge on any atom is -0.383 e. The van der Waals surface area contributed by atoms with E-state index in [4.69, 9.17) is 25.8 Å². The maximum absolute atomic E-state index is 11.7. The summed E-state index contributed by atoms with van der Waals surface area (Å²) in [4.78, 5) is 8.46. The standard InChI is InChI=1S/C23H24ClN3O4/c1-22(2)30-16-17(31-22)21(27-9-8-15-19(24)25-11-26-20(15)27)29-18(16)23(3,28)14-7-6-12-4-5-13(12)10-14/h6-11,16-18,21,28H,4-5H2,1-3H3/t16-,17-,18+,21-,23-/m1/s1. The average molecular weight is 442 g/mol. The first-order valence-electron chi connectivity index (χ1n) is 10.6. The summed E-state index contributed by atoms with van der Waals surface area (Å²) in [6.07, 6.45) is 3.42. The predicted molar refractivity (Wildman–Crippen MR) is 114 cm³/mol. The number of benzene rings is 1. The molecule has 0 bridgehead atoms. The molecule has 5 atom stereocenters. The molecule has 0 radical (unpaired) electrons. The van der Waals surface area contributed by atoms with Crippen LogP contribution >= 0.6 is 11.6 Å². The number of fused-ring (bicyclic) bond motifs is 3. The van der Waals surface area contributed by atoms with Crippen LogP contribution in [-0.2, 0) is 32.7 Å². The molecule has 2 fully saturated rings. The topological polar surface area (TPSA) is 78.6 Å². The lowest BCUT2D eigenvalue weighted by molar-refractivity contribution is -0.221. The normalized spacial score (nSPS) is 30.6. The Balaban J connectivity index is 1.42. The Hall–Kier alpha value is -2.03. The van der Waals surface area contributed by atoms with Crippen molar-refractivity contribution >= 4 is 22.6 Å². The smallest absolute Gasteiger partial charge is 0.164 e. The number of aromatic nitrogens is 3. The van der Waals surface area contributed by atoms with Crippen molar-refractivity contribution in [3.8, 4) is 0 Å². The van der Waals surface area contributed by atoms with Crippen molar-refractivity contribution in [1.82, 2.24) is 14.5 Å². The first-order valence-corrected chi connectivity index (χ1v) is 11.0. The van der Waals surface area contributed by atoms with Crippen molar-refractivity contribution in [2.75, 3.05) is 0 Å². The van der Waals surface area contributed by atoms with E-state index < -0.39 is 35.9 Å². The highest BCUT2D eigenvalue weighted by molar-refractivity contribution is 6.33. The van der Waals surface area contributed by atoms with Gasteiger partial charge < -0.3 is 23.9 Å². The predicted octanol–water partition coefficient (Wildman–Crippen LogP) is 3.51. The molecule has 6 rings (SSSR count). The van der Waals surface area contributed by atoms with Gasteiger partial charge in [-0.05, 0) is 56.4 Å². The monoisotopic (exact) mass is 441 g/mol. The van der Waals surface area contributed by atoms with Crippen LogP contribution in [-0.4, -0.2) is 43.7 Å². The number of aryl methyl sites for hydroxylation is 2. The molecule has 8 heteroatoms. The van der Waals surface area contributed by atoms with Crippen molar-refractivity contribution in [3.63, 3.8) is 0 Å². The van der Waals surface area contributed by atoms with Crippen LogP contribution in [0.5, 0.6) is 0 Å². The molecule has 0 unspecified atom stereocenters. The summed E-state index contributed by atoms with van der Waals surface area (Å²) in [6, 6.07) is 8.03. The maximum atomic E-state index is 11.7. The lowest BCUT2D eigenvalue weighted by atomic mass is 9.81. The minimum atomic E-state index is -1.26. The largest absolute Gasteiger partial charge is 0.383 e. The highest BCUT2D eigenvalue weighted by Gasteiger charge is 2.60. The van der Waals surface area contributed by atoms with E-state index >= 15 is 0 Å². The van der Waals surface area contributed by atoms with E-state index in [-0.39, 0.29) is 0 Å². The van der Waals surface area contributed by atoms with Gasteiger partial charge in [-0.1, -0.05) is 29.8 Å². The molecular formula is C23H24ClN3O4. The molecule has 2 saturated heterocycles. The van der Waals surface area contributed by atoms with Crippen LogP contribution in [0, 0.1) is 0 Å². The third kappa shape index (κ3) is 2.88. The first-order chi connectivity index (χ1) is 14.7. The number of ether oxygens (including phenoxy) is 3. The van der Waals surface area contributed by atoms with Crippen LogP contribution in [0.4, 0.5) is 0 Å². The van der Waals surface area contributed by atoms with Gasteiger partial charge in [-0.3, -0.25) is 0 Å². The van der Waals surface area contributed by atoms with E-state index in [1.54, 1.807) is 6.92 Å².